The number of benzene rings is 1. The Kier molecular flexibility index (Phi) is 4.23. The first-order chi connectivity index (χ1) is 9.97. The van der Waals surface area contributed by atoms with Crippen molar-refractivity contribution in [3.63, 3.8) is 0 Å². The van der Waals surface area contributed by atoms with Gasteiger partial charge in [0.15, 0.2) is 5.82 Å². The number of hydrogen-bond donors (Lipinski definition) is 1. The molecule has 1 saturated heterocycles. The third-order valence-electron chi connectivity index (χ3n) is 3.54. The fourth-order valence-corrected chi connectivity index (χ4v) is 3.11. The van der Waals surface area contributed by atoms with Crippen molar-refractivity contribution >= 4 is 55.9 Å². The molecule has 1 aromatic heterocycles. The molecule has 1 fully saturated rings. The highest BCUT2D eigenvalue weighted by atomic mass is 79.9. The molecule has 2 aromatic rings. The van der Waals surface area contributed by atoms with E-state index < -0.39 is 5.82 Å². The van der Waals surface area contributed by atoms with Gasteiger partial charge in [0.05, 0.1) is 15.6 Å². The lowest BCUT2D eigenvalue weighted by atomic mass is 10.1. The molecule has 3 rings (SSSR count). The third-order valence-corrected chi connectivity index (χ3v) is 5.01. The van der Waals surface area contributed by atoms with Crippen LogP contribution >= 0.6 is 39.1 Å². The molecule has 21 heavy (non-hydrogen) atoms. The molecule has 0 atom stereocenters. The number of hydrogen-bond acceptors (Lipinski definition) is 4. The Labute approximate surface area is 139 Å². The molecule has 4 nitrogen and oxygen atoms in total. The Morgan fingerprint density at radius 2 is 1.95 bits per heavy atom. The number of aliphatic hydroxyl groups is 1. The van der Waals surface area contributed by atoms with Crippen molar-refractivity contribution in [3.05, 3.63) is 26.7 Å². The van der Waals surface area contributed by atoms with Crippen LogP contribution in [0.15, 0.2) is 10.5 Å². The fourth-order valence-electron chi connectivity index (χ4n) is 2.45. The molecule has 2 heterocycles. The number of rotatable bonds is 1. The van der Waals surface area contributed by atoms with Gasteiger partial charge in [-0.25, -0.2) is 9.37 Å². The molecule has 0 radical (unpaired) electrons. The first kappa shape index (κ1) is 15.2. The number of aliphatic hydroxyl groups excluding tert-OH is 1. The normalized spacial score (nSPS) is 16.7. The molecule has 1 aliphatic heterocycles. The van der Waals surface area contributed by atoms with Crippen LogP contribution in [0, 0.1) is 5.82 Å². The van der Waals surface area contributed by atoms with E-state index in [-0.39, 0.29) is 26.4 Å². The molecule has 0 saturated carbocycles. The lowest BCUT2D eigenvalue weighted by Crippen LogP contribution is -2.36. The van der Waals surface area contributed by atoms with Crippen LogP contribution in [0.25, 0.3) is 10.9 Å². The van der Waals surface area contributed by atoms with Crippen molar-refractivity contribution in [3.8, 4) is 0 Å². The Bertz CT molecular complexity index is 708. The number of halogens is 4. The van der Waals surface area contributed by atoms with E-state index in [0.717, 1.165) is 0 Å². The van der Waals surface area contributed by atoms with E-state index in [2.05, 4.69) is 25.9 Å². The Morgan fingerprint density at radius 3 is 2.62 bits per heavy atom. The number of fused-ring (bicyclic) bond motifs is 1. The standard InChI is InChI=1S/C13H11BrCl2FN3O/c14-9-8(15)5-7-11(10(9)17)18-13(16)19-12(7)20-3-1-6(21)2-4-20/h5-6,21H,1-4H2. The Balaban J connectivity index is 2.18. The first-order valence-electron chi connectivity index (χ1n) is 6.41. The zero-order valence-electron chi connectivity index (χ0n) is 10.8. The minimum absolute atomic E-state index is 0.0169. The summed E-state index contributed by atoms with van der Waals surface area (Å²) in [5.41, 5.74) is 0.132. The molecule has 0 bridgehead atoms. The minimum Gasteiger partial charge on any atom is -0.393 e. The van der Waals surface area contributed by atoms with Gasteiger partial charge in [-0.15, -0.1) is 0 Å². The summed E-state index contributed by atoms with van der Waals surface area (Å²) in [6, 6.07) is 1.63. The Hall–Kier alpha value is -0.690. The van der Waals surface area contributed by atoms with Gasteiger partial charge >= 0.3 is 0 Å². The van der Waals surface area contributed by atoms with Gasteiger partial charge < -0.3 is 10.0 Å². The molecule has 1 N–H and O–H groups in total. The maximum absolute atomic E-state index is 14.3. The van der Waals surface area contributed by atoms with Gasteiger partial charge in [-0.3, -0.25) is 0 Å². The SMILES string of the molecule is OC1CCN(c2nc(Cl)nc3c(F)c(Br)c(Cl)cc23)CC1. The van der Waals surface area contributed by atoms with Crippen molar-refractivity contribution in [1.82, 2.24) is 9.97 Å². The van der Waals surface area contributed by atoms with Crippen LogP contribution in [0.4, 0.5) is 10.2 Å². The summed E-state index contributed by atoms with van der Waals surface area (Å²) >= 11 is 15.1. The molecule has 0 spiro atoms. The van der Waals surface area contributed by atoms with Gasteiger partial charge in [0.2, 0.25) is 5.28 Å². The van der Waals surface area contributed by atoms with Gasteiger partial charge in [0.1, 0.15) is 11.3 Å². The van der Waals surface area contributed by atoms with Crippen LogP contribution in [0.1, 0.15) is 12.8 Å². The maximum atomic E-state index is 14.3. The van der Waals surface area contributed by atoms with E-state index in [1.165, 1.54) is 0 Å². The summed E-state index contributed by atoms with van der Waals surface area (Å²) in [5, 5.41) is 10.3. The second-order valence-electron chi connectivity index (χ2n) is 4.92. The molecule has 0 amide bonds. The summed E-state index contributed by atoms with van der Waals surface area (Å²) in [7, 11) is 0. The van der Waals surface area contributed by atoms with E-state index in [4.69, 9.17) is 23.2 Å². The smallest absolute Gasteiger partial charge is 0.225 e. The second-order valence-corrected chi connectivity index (χ2v) is 6.46. The number of anilines is 1. The molecular formula is C13H11BrCl2FN3O. The minimum atomic E-state index is -0.555. The fraction of sp³-hybridized carbons (Fsp3) is 0.385. The van der Waals surface area contributed by atoms with E-state index >= 15 is 0 Å². The second kappa shape index (κ2) is 5.83. The third kappa shape index (κ3) is 2.82. The number of piperidine rings is 1. The molecule has 1 aromatic carbocycles. The van der Waals surface area contributed by atoms with Crippen LogP contribution in [0.3, 0.4) is 0 Å². The average Bonchev–Trinajstić information content (AvgIpc) is 2.46. The van der Waals surface area contributed by atoms with Gasteiger partial charge in [-0.1, -0.05) is 11.6 Å². The highest BCUT2D eigenvalue weighted by Crippen LogP contribution is 2.36. The highest BCUT2D eigenvalue weighted by Gasteiger charge is 2.23. The number of nitrogens with zero attached hydrogens (tertiary/aromatic N) is 3. The van der Waals surface area contributed by atoms with Gasteiger partial charge in [-0.2, -0.15) is 4.98 Å². The van der Waals surface area contributed by atoms with Gasteiger partial charge in [-0.05, 0) is 46.4 Å². The van der Waals surface area contributed by atoms with Crippen LogP contribution in [0.2, 0.25) is 10.3 Å². The summed E-state index contributed by atoms with van der Waals surface area (Å²) in [6.45, 7) is 1.25. The predicted molar refractivity (Wildman–Crippen MR) is 84.7 cm³/mol. The topological polar surface area (TPSA) is 49.2 Å². The lowest BCUT2D eigenvalue weighted by Gasteiger charge is -2.31. The van der Waals surface area contributed by atoms with Gasteiger partial charge in [0.25, 0.3) is 0 Å². The van der Waals surface area contributed by atoms with Crippen LogP contribution in [-0.2, 0) is 0 Å². The molecule has 0 unspecified atom stereocenters. The number of aromatic nitrogens is 2. The molecule has 0 aliphatic carbocycles. The Morgan fingerprint density at radius 1 is 1.29 bits per heavy atom. The summed E-state index contributed by atoms with van der Waals surface area (Å²) in [6.07, 6.45) is 0.963. The summed E-state index contributed by atoms with van der Waals surface area (Å²) in [5.74, 6) is -0.00899. The van der Waals surface area contributed by atoms with Crippen LogP contribution < -0.4 is 4.90 Å². The molecular weight excluding hydrogens is 384 g/mol. The zero-order chi connectivity index (χ0) is 15.1. The maximum Gasteiger partial charge on any atom is 0.225 e. The molecule has 1 aliphatic rings. The average molecular weight is 395 g/mol. The van der Waals surface area contributed by atoms with E-state index in [1.807, 2.05) is 4.90 Å². The highest BCUT2D eigenvalue weighted by molar-refractivity contribution is 9.10. The van der Waals surface area contributed by atoms with Crippen molar-refractivity contribution in [1.29, 1.82) is 0 Å². The summed E-state index contributed by atoms with van der Waals surface area (Å²) < 4.78 is 14.5. The van der Waals surface area contributed by atoms with Crippen molar-refractivity contribution in [2.24, 2.45) is 0 Å². The van der Waals surface area contributed by atoms with Gasteiger partial charge in [0, 0.05) is 18.5 Å². The lowest BCUT2D eigenvalue weighted by molar-refractivity contribution is 0.145. The van der Waals surface area contributed by atoms with E-state index in [1.54, 1.807) is 6.07 Å². The largest absolute Gasteiger partial charge is 0.393 e. The zero-order valence-corrected chi connectivity index (χ0v) is 13.9. The monoisotopic (exact) mass is 393 g/mol. The van der Waals surface area contributed by atoms with Crippen molar-refractivity contribution < 1.29 is 9.50 Å². The van der Waals surface area contributed by atoms with E-state index in [9.17, 15) is 9.50 Å². The molecule has 112 valence electrons. The van der Waals surface area contributed by atoms with Crippen LogP contribution in [0.5, 0.6) is 0 Å². The van der Waals surface area contributed by atoms with Crippen molar-refractivity contribution in [2.75, 3.05) is 18.0 Å². The predicted octanol–water partition coefficient (Wildman–Crippen LogP) is 3.80. The van der Waals surface area contributed by atoms with Crippen LogP contribution in [-0.4, -0.2) is 34.3 Å². The van der Waals surface area contributed by atoms with Crippen molar-refractivity contribution in [2.45, 2.75) is 18.9 Å². The molecule has 8 heteroatoms. The van der Waals surface area contributed by atoms with E-state index in [0.29, 0.717) is 37.1 Å². The first-order valence-corrected chi connectivity index (χ1v) is 7.96. The quantitative estimate of drug-likeness (QED) is 0.590. The summed E-state index contributed by atoms with van der Waals surface area (Å²) in [4.78, 5) is 10.1.